The Morgan fingerprint density at radius 1 is 1.25 bits per heavy atom. The van der Waals surface area contributed by atoms with Crippen LogP contribution in [-0.2, 0) is 9.53 Å². The molecule has 0 atom stereocenters. The fourth-order valence-corrected chi connectivity index (χ4v) is 2.90. The predicted octanol–water partition coefficient (Wildman–Crippen LogP) is 2.96. The Morgan fingerprint density at radius 2 is 1.89 bits per heavy atom. The number of benzene rings is 1. The van der Waals surface area contributed by atoms with Crippen LogP contribution in [0.5, 0.6) is 0 Å². The maximum absolute atomic E-state index is 14.0. The van der Waals surface area contributed by atoms with Gasteiger partial charge < -0.3 is 20.4 Å². The number of aliphatic hydroxyl groups is 2. The van der Waals surface area contributed by atoms with E-state index in [9.17, 15) is 32.6 Å². The molecule has 1 aromatic carbocycles. The fraction of sp³-hybridized carbons (Fsp3) is 0.444. The van der Waals surface area contributed by atoms with E-state index >= 15 is 0 Å². The molecule has 0 heterocycles. The van der Waals surface area contributed by atoms with Gasteiger partial charge in [-0.15, -0.1) is 0 Å². The second kappa shape index (κ2) is 9.05. The predicted molar refractivity (Wildman–Crippen MR) is 92.4 cm³/mol. The summed E-state index contributed by atoms with van der Waals surface area (Å²) in [6.07, 6.45) is 3.74. The smallest absolute Gasteiger partial charge is 0.343 e. The van der Waals surface area contributed by atoms with E-state index < -0.39 is 51.7 Å². The van der Waals surface area contributed by atoms with Gasteiger partial charge in [0.1, 0.15) is 11.3 Å². The van der Waals surface area contributed by atoms with Crippen LogP contribution in [0, 0.1) is 23.3 Å². The fourth-order valence-electron chi connectivity index (χ4n) is 2.90. The lowest BCUT2D eigenvalue weighted by Gasteiger charge is -2.25. The molecule has 28 heavy (non-hydrogen) atoms. The molecule has 1 aliphatic carbocycles. The molecule has 1 aliphatic rings. The highest BCUT2D eigenvalue weighted by Crippen LogP contribution is 2.29. The monoisotopic (exact) mass is 404 g/mol. The van der Waals surface area contributed by atoms with Crippen LogP contribution in [0.4, 0.5) is 17.6 Å². The van der Waals surface area contributed by atoms with Crippen molar-refractivity contribution in [1.82, 2.24) is 5.43 Å². The Morgan fingerprint density at radius 3 is 2.46 bits per heavy atom. The van der Waals surface area contributed by atoms with E-state index in [1.54, 1.807) is 0 Å². The summed E-state index contributed by atoms with van der Waals surface area (Å²) in [5.74, 6) is -10.1. The lowest BCUT2D eigenvalue weighted by atomic mass is 10.0. The molecular formula is C18H20F4N2O4. The minimum atomic E-state index is -2.13. The van der Waals surface area contributed by atoms with Gasteiger partial charge in [0.15, 0.2) is 23.3 Å². The molecule has 154 valence electrons. The van der Waals surface area contributed by atoms with Crippen LogP contribution < -0.4 is 5.43 Å². The minimum Gasteiger partial charge on any atom is -0.506 e. The maximum atomic E-state index is 14.0. The first-order valence-corrected chi connectivity index (χ1v) is 8.61. The van der Waals surface area contributed by atoms with Gasteiger partial charge in [0.05, 0.1) is 30.5 Å². The molecule has 2 rings (SSSR count). The highest BCUT2D eigenvalue weighted by Gasteiger charge is 2.33. The Hall–Kier alpha value is -2.62. The first-order chi connectivity index (χ1) is 13.3. The van der Waals surface area contributed by atoms with E-state index in [2.05, 4.69) is 10.5 Å². The first-order valence-electron chi connectivity index (χ1n) is 8.61. The summed E-state index contributed by atoms with van der Waals surface area (Å²) in [6, 6.07) is 0.218. The van der Waals surface area contributed by atoms with Gasteiger partial charge >= 0.3 is 5.97 Å². The van der Waals surface area contributed by atoms with Crippen LogP contribution in [0.3, 0.4) is 0 Å². The molecule has 3 N–H and O–H groups in total. The molecule has 6 nitrogen and oxygen atoms in total. The van der Waals surface area contributed by atoms with Crippen LogP contribution in [0.15, 0.2) is 16.7 Å². The quantitative estimate of drug-likeness (QED) is 0.0950. The van der Waals surface area contributed by atoms with Crippen molar-refractivity contribution >= 4 is 17.9 Å². The largest absolute Gasteiger partial charge is 0.506 e. The molecule has 1 saturated carbocycles. The van der Waals surface area contributed by atoms with E-state index in [-0.39, 0.29) is 19.3 Å². The number of hydrazone groups is 1. The number of nitrogens with one attached hydrogen (secondary N) is 1. The molecule has 0 aliphatic heterocycles. The molecule has 0 amide bonds. The Balaban J connectivity index is 2.45. The third-order valence-electron chi connectivity index (χ3n) is 4.47. The minimum absolute atomic E-state index is 0.105. The summed E-state index contributed by atoms with van der Waals surface area (Å²) in [6.45, 7) is 1.14. The molecule has 0 unspecified atom stereocenters. The SMILES string of the molecule is CCOC(=O)C(C=NNC1(CO)CCCC1)=C(O)c1cc(F)c(F)c(F)c1F. The summed E-state index contributed by atoms with van der Waals surface area (Å²) in [5.41, 5.74) is 0.216. The molecule has 0 bridgehead atoms. The molecule has 1 fully saturated rings. The zero-order valence-corrected chi connectivity index (χ0v) is 15.1. The maximum Gasteiger partial charge on any atom is 0.343 e. The number of hydrogen-bond acceptors (Lipinski definition) is 6. The number of ether oxygens (including phenoxy) is 1. The topological polar surface area (TPSA) is 91.2 Å². The average molecular weight is 404 g/mol. The Kier molecular flexibility index (Phi) is 7.00. The van der Waals surface area contributed by atoms with Gasteiger partial charge in [-0.3, -0.25) is 0 Å². The van der Waals surface area contributed by atoms with Gasteiger partial charge in [0, 0.05) is 0 Å². The molecule has 1 aromatic rings. The van der Waals surface area contributed by atoms with E-state index in [0.29, 0.717) is 12.8 Å². The lowest BCUT2D eigenvalue weighted by molar-refractivity contribution is -0.137. The highest BCUT2D eigenvalue weighted by atomic mass is 19.2. The van der Waals surface area contributed by atoms with Crippen LogP contribution in [0.2, 0.25) is 0 Å². The van der Waals surface area contributed by atoms with Gasteiger partial charge in [-0.05, 0) is 25.8 Å². The standard InChI is InChI=1S/C18H20F4N2O4/c1-2-28-17(27)11(8-23-24-18(9-25)5-3-4-6-18)16(26)10-7-12(19)14(21)15(22)13(10)20/h7-8,24-26H,2-6,9H2,1H3. The molecular weight excluding hydrogens is 384 g/mol. The molecule has 0 radical (unpaired) electrons. The van der Waals surface area contributed by atoms with Crippen LogP contribution in [0.1, 0.15) is 38.2 Å². The number of aliphatic hydroxyl groups excluding tert-OH is 2. The number of nitrogens with zero attached hydrogens (tertiary/aromatic N) is 1. The second-order valence-corrected chi connectivity index (χ2v) is 6.35. The lowest BCUT2D eigenvalue weighted by Crippen LogP contribution is -2.43. The number of halogens is 4. The van der Waals surface area contributed by atoms with Crippen molar-refractivity contribution in [1.29, 1.82) is 0 Å². The van der Waals surface area contributed by atoms with Gasteiger partial charge in [-0.2, -0.15) is 5.10 Å². The van der Waals surface area contributed by atoms with Crippen LogP contribution in [-0.4, -0.2) is 41.1 Å². The molecule has 0 spiro atoms. The van der Waals surface area contributed by atoms with Gasteiger partial charge in [0.2, 0.25) is 0 Å². The van der Waals surface area contributed by atoms with Crippen LogP contribution in [0.25, 0.3) is 5.76 Å². The molecule has 10 heteroatoms. The van der Waals surface area contributed by atoms with Crippen molar-refractivity contribution in [3.8, 4) is 0 Å². The Bertz CT molecular complexity index is 805. The summed E-state index contributed by atoms with van der Waals surface area (Å²) in [4.78, 5) is 12.1. The van der Waals surface area contributed by atoms with Crippen LogP contribution >= 0.6 is 0 Å². The number of esters is 1. The third-order valence-corrected chi connectivity index (χ3v) is 4.47. The Labute approximate surface area is 158 Å². The third kappa shape index (κ3) is 4.44. The number of carbonyl (C=O) groups excluding carboxylic acids is 1. The second-order valence-electron chi connectivity index (χ2n) is 6.35. The normalized spacial score (nSPS) is 16.9. The zero-order chi connectivity index (χ0) is 20.9. The highest BCUT2D eigenvalue weighted by molar-refractivity contribution is 6.15. The summed E-state index contributed by atoms with van der Waals surface area (Å²) in [7, 11) is 0. The number of carbonyl (C=O) groups is 1. The van der Waals surface area contributed by atoms with Gasteiger partial charge in [-0.1, -0.05) is 12.8 Å². The van der Waals surface area contributed by atoms with Crippen molar-refractivity contribution in [2.45, 2.75) is 38.1 Å². The molecule has 0 saturated heterocycles. The number of hydrogen-bond donors (Lipinski definition) is 3. The van der Waals surface area contributed by atoms with Gasteiger partial charge in [-0.25, -0.2) is 22.4 Å². The van der Waals surface area contributed by atoms with Crippen molar-refractivity contribution < 1.29 is 37.3 Å². The van der Waals surface area contributed by atoms with E-state index in [1.165, 1.54) is 6.92 Å². The summed E-state index contributed by atoms with van der Waals surface area (Å²) in [5, 5.41) is 23.6. The van der Waals surface area contributed by atoms with Gasteiger partial charge in [0.25, 0.3) is 0 Å². The number of rotatable bonds is 7. The van der Waals surface area contributed by atoms with Crippen molar-refractivity contribution in [3.63, 3.8) is 0 Å². The molecule has 0 aromatic heterocycles. The zero-order valence-electron chi connectivity index (χ0n) is 15.1. The van der Waals surface area contributed by atoms with E-state index in [4.69, 9.17) is 4.74 Å². The first kappa shape index (κ1) is 21.7. The van der Waals surface area contributed by atoms with Crippen molar-refractivity contribution in [3.05, 3.63) is 40.5 Å². The van der Waals surface area contributed by atoms with Crippen molar-refractivity contribution in [2.75, 3.05) is 13.2 Å². The average Bonchev–Trinajstić information content (AvgIpc) is 3.15. The van der Waals surface area contributed by atoms with E-state index in [1.807, 2.05) is 0 Å². The summed E-state index contributed by atoms with van der Waals surface area (Å²) >= 11 is 0. The van der Waals surface area contributed by atoms with E-state index in [0.717, 1.165) is 19.1 Å². The summed E-state index contributed by atoms with van der Waals surface area (Å²) < 4.78 is 58.7. The van der Waals surface area contributed by atoms with Crippen molar-refractivity contribution in [2.24, 2.45) is 5.10 Å².